The summed E-state index contributed by atoms with van der Waals surface area (Å²) >= 11 is 0. The van der Waals surface area contributed by atoms with Crippen LogP contribution in [0.3, 0.4) is 0 Å². The molecule has 5 heteroatoms. The quantitative estimate of drug-likeness (QED) is 0.844. The van der Waals surface area contributed by atoms with E-state index < -0.39 is 0 Å². The molecule has 2 aliphatic rings. The van der Waals surface area contributed by atoms with E-state index in [1.54, 1.807) is 0 Å². The van der Waals surface area contributed by atoms with E-state index in [-0.39, 0.29) is 6.03 Å². The van der Waals surface area contributed by atoms with Gasteiger partial charge in [0, 0.05) is 57.2 Å². The molecule has 5 nitrogen and oxygen atoms in total. The maximum atomic E-state index is 12.5. The molecule has 2 aromatic carbocycles. The van der Waals surface area contributed by atoms with Gasteiger partial charge in [0.25, 0.3) is 0 Å². The second-order valence-corrected chi connectivity index (χ2v) is 8.36. The van der Waals surface area contributed by atoms with E-state index in [1.165, 1.54) is 24.1 Å². The predicted molar refractivity (Wildman–Crippen MR) is 119 cm³/mol. The van der Waals surface area contributed by atoms with Gasteiger partial charge in [-0.05, 0) is 42.5 Å². The number of carbonyl (C=O) groups excluding carboxylic acids is 1. The molecule has 0 aliphatic carbocycles. The van der Waals surface area contributed by atoms with Gasteiger partial charge in [0.15, 0.2) is 0 Å². The normalized spacial score (nSPS) is 18.7. The van der Waals surface area contributed by atoms with E-state index in [0.717, 1.165) is 57.4 Å². The van der Waals surface area contributed by atoms with Gasteiger partial charge in [0.1, 0.15) is 0 Å². The summed E-state index contributed by atoms with van der Waals surface area (Å²) in [5.74, 6) is 0.841. The van der Waals surface area contributed by atoms with Gasteiger partial charge in [0.05, 0.1) is 0 Å². The number of piperidine rings is 1. The molecule has 0 unspecified atom stereocenters. The van der Waals surface area contributed by atoms with Crippen LogP contribution < -0.4 is 10.2 Å². The van der Waals surface area contributed by atoms with E-state index in [9.17, 15) is 4.79 Å². The maximum absolute atomic E-state index is 12.5. The molecule has 0 spiro atoms. The molecule has 0 saturated carbocycles. The highest BCUT2D eigenvalue weighted by Crippen LogP contribution is 2.27. The van der Waals surface area contributed by atoms with Crippen LogP contribution >= 0.6 is 0 Å². The Labute approximate surface area is 174 Å². The smallest absolute Gasteiger partial charge is 0.321 e. The highest BCUT2D eigenvalue weighted by Gasteiger charge is 2.23. The summed E-state index contributed by atoms with van der Waals surface area (Å²) in [7, 11) is 0. The molecule has 2 saturated heterocycles. The van der Waals surface area contributed by atoms with Crippen LogP contribution in [0.5, 0.6) is 0 Å². The lowest BCUT2D eigenvalue weighted by Crippen LogP contribution is -2.49. The fourth-order valence-corrected chi connectivity index (χ4v) is 4.28. The predicted octanol–water partition coefficient (Wildman–Crippen LogP) is 4.27. The van der Waals surface area contributed by atoms with Gasteiger partial charge in [-0.2, -0.15) is 0 Å². The zero-order valence-corrected chi connectivity index (χ0v) is 17.4. The third-order valence-electron chi connectivity index (χ3n) is 6.19. The van der Waals surface area contributed by atoms with Crippen molar-refractivity contribution in [1.29, 1.82) is 0 Å². The SMILES string of the molecule is CC1CCN(c2ccccc2CN2CCN(C(=O)Nc3ccccc3)CC2)CC1. The van der Waals surface area contributed by atoms with Crippen molar-refractivity contribution >= 4 is 17.4 Å². The van der Waals surface area contributed by atoms with Crippen LogP contribution in [-0.2, 0) is 6.54 Å². The van der Waals surface area contributed by atoms with Crippen molar-refractivity contribution in [3.05, 3.63) is 60.2 Å². The Morgan fingerprint density at radius 2 is 1.55 bits per heavy atom. The van der Waals surface area contributed by atoms with Gasteiger partial charge in [0.2, 0.25) is 0 Å². The average molecular weight is 393 g/mol. The zero-order valence-electron chi connectivity index (χ0n) is 17.4. The first-order chi connectivity index (χ1) is 14.2. The molecule has 2 amide bonds. The molecule has 0 radical (unpaired) electrons. The van der Waals surface area contributed by atoms with Crippen molar-refractivity contribution in [3.8, 4) is 0 Å². The third kappa shape index (κ3) is 5.10. The van der Waals surface area contributed by atoms with E-state index in [1.807, 2.05) is 35.2 Å². The molecular formula is C24H32N4O. The molecule has 29 heavy (non-hydrogen) atoms. The summed E-state index contributed by atoms with van der Waals surface area (Å²) in [6.45, 7) is 8.98. The molecule has 2 heterocycles. The Morgan fingerprint density at radius 3 is 2.28 bits per heavy atom. The number of benzene rings is 2. The van der Waals surface area contributed by atoms with Crippen LogP contribution in [0.25, 0.3) is 0 Å². The molecule has 4 rings (SSSR count). The minimum absolute atomic E-state index is 0.00122. The minimum atomic E-state index is -0.00122. The number of nitrogens with zero attached hydrogens (tertiary/aromatic N) is 3. The number of carbonyl (C=O) groups is 1. The summed E-state index contributed by atoms with van der Waals surface area (Å²) in [6, 6.07) is 18.5. The maximum Gasteiger partial charge on any atom is 0.321 e. The molecular weight excluding hydrogens is 360 g/mol. The molecule has 2 aromatic rings. The number of anilines is 2. The fraction of sp³-hybridized carbons (Fsp3) is 0.458. The number of piperazine rings is 1. The second kappa shape index (κ2) is 9.31. The Balaban J connectivity index is 1.31. The molecule has 154 valence electrons. The lowest BCUT2D eigenvalue weighted by Gasteiger charge is -2.37. The first-order valence-corrected chi connectivity index (χ1v) is 10.9. The van der Waals surface area contributed by atoms with Gasteiger partial charge >= 0.3 is 6.03 Å². The van der Waals surface area contributed by atoms with Crippen LogP contribution in [0, 0.1) is 5.92 Å². The lowest BCUT2D eigenvalue weighted by molar-refractivity contribution is 0.143. The summed E-state index contributed by atoms with van der Waals surface area (Å²) in [6.07, 6.45) is 2.56. The monoisotopic (exact) mass is 392 g/mol. The van der Waals surface area contributed by atoms with E-state index >= 15 is 0 Å². The van der Waals surface area contributed by atoms with Crippen LogP contribution in [-0.4, -0.2) is 55.1 Å². The first kappa shape index (κ1) is 19.8. The van der Waals surface area contributed by atoms with Gasteiger partial charge in [-0.25, -0.2) is 4.79 Å². The topological polar surface area (TPSA) is 38.8 Å². The number of urea groups is 1. The number of para-hydroxylation sites is 2. The highest BCUT2D eigenvalue weighted by atomic mass is 16.2. The molecule has 0 bridgehead atoms. The Morgan fingerprint density at radius 1 is 0.897 bits per heavy atom. The number of amides is 2. The fourth-order valence-electron chi connectivity index (χ4n) is 4.28. The van der Waals surface area contributed by atoms with Crippen molar-refractivity contribution in [1.82, 2.24) is 9.80 Å². The van der Waals surface area contributed by atoms with Gasteiger partial charge in [-0.15, -0.1) is 0 Å². The number of rotatable bonds is 4. The van der Waals surface area contributed by atoms with Crippen LogP contribution in [0.4, 0.5) is 16.2 Å². The van der Waals surface area contributed by atoms with Crippen molar-refractivity contribution in [2.45, 2.75) is 26.3 Å². The average Bonchev–Trinajstić information content (AvgIpc) is 2.76. The van der Waals surface area contributed by atoms with E-state index in [2.05, 4.69) is 46.3 Å². The second-order valence-electron chi connectivity index (χ2n) is 8.36. The van der Waals surface area contributed by atoms with E-state index in [4.69, 9.17) is 0 Å². The molecule has 2 aliphatic heterocycles. The molecule has 0 aromatic heterocycles. The lowest BCUT2D eigenvalue weighted by atomic mass is 9.98. The molecule has 1 N–H and O–H groups in total. The van der Waals surface area contributed by atoms with Gasteiger partial charge in [-0.1, -0.05) is 43.3 Å². The van der Waals surface area contributed by atoms with Crippen LogP contribution in [0.2, 0.25) is 0 Å². The minimum Gasteiger partial charge on any atom is -0.371 e. The van der Waals surface area contributed by atoms with E-state index in [0.29, 0.717) is 0 Å². The summed E-state index contributed by atoms with van der Waals surface area (Å²) in [5, 5.41) is 2.99. The number of hydrogen-bond acceptors (Lipinski definition) is 3. The Hall–Kier alpha value is -2.53. The van der Waals surface area contributed by atoms with Crippen LogP contribution in [0.15, 0.2) is 54.6 Å². The Kier molecular flexibility index (Phi) is 6.35. The van der Waals surface area contributed by atoms with Crippen molar-refractivity contribution < 1.29 is 4.79 Å². The standard InChI is InChI=1S/C24H32N4O/c1-20-11-13-27(14-12-20)23-10-6-5-7-21(23)19-26-15-17-28(18-16-26)24(29)25-22-8-3-2-4-9-22/h2-10,20H,11-19H2,1H3,(H,25,29). The summed E-state index contributed by atoms with van der Waals surface area (Å²) in [5.41, 5.74) is 3.65. The van der Waals surface area contributed by atoms with Gasteiger partial charge in [-0.3, -0.25) is 4.90 Å². The Bertz CT molecular complexity index is 794. The molecule has 2 fully saturated rings. The molecule has 0 atom stereocenters. The number of hydrogen-bond donors (Lipinski definition) is 1. The van der Waals surface area contributed by atoms with Gasteiger partial charge < -0.3 is 15.1 Å². The largest absolute Gasteiger partial charge is 0.371 e. The zero-order chi connectivity index (χ0) is 20.1. The third-order valence-corrected chi connectivity index (χ3v) is 6.19. The van der Waals surface area contributed by atoms with Crippen molar-refractivity contribution in [3.63, 3.8) is 0 Å². The number of nitrogens with one attached hydrogen (secondary N) is 1. The summed E-state index contributed by atoms with van der Waals surface area (Å²) < 4.78 is 0. The first-order valence-electron chi connectivity index (χ1n) is 10.9. The van der Waals surface area contributed by atoms with Crippen molar-refractivity contribution in [2.75, 3.05) is 49.5 Å². The highest BCUT2D eigenvalue weighted by molar-refractivity contribution is 5.89. The summed E-state index contributed by atoms with van der Waals surface area (Å²) in [4.78, 5) is 19.5. The van der Waals surface area contributed by atoms with Crippen LogP contribution in [0.1, 0.15) is 25.3 Å². The van der Waals surface area contributed by atoms with Crippen molar-refractivity contribution in [2.24, 2.45) is 5.92 Å².